The Morgan fingerprint density at radius 2 is 2.03 bits per heavy atom. The summed E-state index contributed by atoms with van der Waals surface area (Å²) in [6.45, 7) is 1.58. The highest BCUT2D eigenvalue weighted by atomic mass is 79.9. The summed E-state index contributed by atoms with van der Waals surface area (Å²) in [5, 5.41) is 22.8. The number of carbonyl (C=O) groups is 2. The Morgan fingerprint density at radius 3 is 2.66 bits per heavy atom. The summed E-state index contributed by atoms with van der Waals surface area (Å²) in [5.41, 5.74) is 0.149. The Hall–Kier alpha value is -3.91. The Morgan fingerprint density at radius 1 is 1.28 bits per heavy atom. The number of nitrogens with zero attached hydrogens (tertiary/aromatic N) is 2. The van der Waals surface area contributed by atoms with Crippen molar-refractivity contribution in [2.45, 2.75) is 6.92 Å². The third-order valence-electron chi connectivity index (χ3n) is 3.91. The van der Waals surface area contributed by atoms with E-state index in [1.807, 2.05) is 0 Å². The Labute approximate surface area is 191 Å². The van der Waals surface area contributed by atoms with Crippen molar-refractivity contribution in [2.75, 3.05) is 25.6 Å². The van der Waals surface area contributed by atoms with Crippen LogP contribution in [0.15, 0.2) is 46.4 Å². The summed E-state index contributed by atoms with van der Waals surface area (Å²) in [7, 11) is 1.40. The fraction of sp³-hybridized carbons (Fsp3) is 0.190. The van der Waals surface area contributed by atoms with E-state index in [1.165, 1.54) is 49.6 Å². The summed E-state index contributed by atoms with van der Waals surface area (Å²) < 4.78 is 16.0. The fourth-order valence-electron chi connectivity index (χ4n) is 2.47. The highest BCUT2D eigenvalue weighted by Crippen LogP contribution is 2.34. The van der Waals surface area contributed by atoms with Gasteiger partial charge in [-0.05, 0) is 36.8 Å². The monoisotopic (exact) mass is 503 g/mol. The number of nitro benzene ring substituents is 1. The first kappa shape index (κ1) is 24.4. The molecule has 0 unspecified atom stereocenters. The fourth-order valence-corrected chi connectivity index (χ4v) is 2.91. The molecule has 0 radical (unpaired) electrons. The number of amides is 1. The number of nitriles is 1. The molecule has 1 amide bonds. The van der Waals surface area contributed by atoms with Crippen molar-refractivity contribution < 1.29 is 28.7 Å². The van der Waals surface area contributed by atoms with Crippen LogP contribution in [-0.2, 0) is 14.3 Å². The molecule has 32 heavy (non-hydrogen) atoms. The van der Waals surface area contributed by atoms with E-state index in [4.69, 9.17) is 14.2 Å². The summed E-state index contributed by atoms with van der Waals surface area (Å²) in [6.07, 6.45) is 1.31. The van der Waals surface area contributed by atoms with Gasteiger partial charge in [-0.3, -0.25) is 14.9 Å². The lowest BCUT2D eigenvalue weighted by atomic mass is 10.1. The zero-order chi connectivity index (χ0) is 23.7. The number of nitrogens with one attached hydrogen (secondary N) is 1. The van der Waals surface area contributed by atoms with Gasteiger partial charge in [-0.2, -0.15) is 5.26 Å². The molecule has 2 rings (SSSR count). The van der Waals surface area contributed by atoms with Gasteiger partial charge in [-0.25, -0.2) is 4.79 Å². The second-order valence-electron chi connectivity index (χ2n) is 6.05. The molecular weight excluding hydrogens is 486 g/mol. The predicted molar refractivity (Wildman–Crippen MR) is 118 cm³/mol. The van der Waals surface area contributed by atoms with Crippen molar-refractivity contribution in [2.24, 2.45) is 0 Å². The molecule has 0 saturated heterocycles. The molecule has 1 N–H and O–H groups in total. The molecule has 0 bridgehead atoms. The lowest BCUT2D eigenvalue weighted by molar-refractivity contribution is -0.384. The maximum atomic E-state index is 12.5. The van der Waals surface area contributed by atoms with E-state index in [2.05, 4.69) is 21.2 Å². The SMILES string of the molecule is CCOC(=O)COc1cc(Br)c(/C=C(\C#N)C(=O)Nc2cccc([N+](=O)[O-])c2)cc1OC. The molecule has 166 valence electrons. The minimum absolute atomic E-state index is 0.171. The second kappa shape index (κ2) is 11.5. The molecule has 0 saturated carbocycles. The van der Waals surface area contributed by atoms with Gasteiger partial charge in [0.05, 0.1) is 18.6 Å². The highest BCUT2D eigenvalue weighted by Gasteiger charge is 2.16. The van der Waals surface area contributed by atoms with Gasteiger partial charge in [0.25, 0.3) is 11.6 Å². The molecule has 11 heteroatoms. The topological polar surface area (TPSA) is 141 Å². The molecule has 0 aliphatic heterocycles. The van der Waals surface area contributed by atoms with Gasteiger partial charge in [-0.15, -0.1) is 0 Å². The minimum atomic E-state index is -0.749. The average Bonchev–Trinajstić information content (AvgIpc) is 2.77. The summed E-state index contributed by atoms with van der Waals surface area (Å²) >= 11 is 3.33. The van der Waals surface area contributed by atoms with Gasteiger partial charge in [-0.1, -0.05) is 22.0 Å². The third-order valence-corrected chi connectivity index (χ3v) is 4.60. The molecule has 0 aliphatic carbocycles. The quantitative estimate of drug-likeness (QED) is 0.179. The number of benzene rings is 2. The van der Waals surface area contributed by atoms with Crippen LogP contribution in [0, 0.1) is 21.4 Å². The molecular formula is C21H18BrN3O7. The predicted octanol–water partition coefficient (Wildman–Crippen LogP) is 3.85. The van der Waals surface area contributed by atoms with E-state index < -0.39 is 16.8 Å². The third kappa shape index (κ3) is 6.55. The van der Waals surface area contributed by atoms with E-state index in [9.17, 15) is 25.0 Å². The van der Waals surface area contributed by atoms with Gasteiger partial charge in [0, 0.05) is 22.3 Å². The number of hydrogen-bond donors (Lipinski definition) is 1. The van der Waals surface area contributed by atoms with Gasteiger partial charge < -0.3 is 19.5 Å². The lowest BCUT2D eigenvalue weighted by Gasteiger charge is -2.12. The highest BCUT2D eigenvalue weighted by molar-refractivity contribution is 9.10. The van der Waals surface area contributed by atoms with Crippen LogP contribution in [0.5, 0.6) is 11.5 Å². The Kier molecular flexibility index (Phi) is 8.73. The van der Waals surface area contributed by atoms with Crippen LogP contribution in [0.4, 0.5) is 11.4 Å². The van der Waals surface area contributed by atoms with Gasteiger partial charge >= 0.3 is 5.97 Å². The van der Waals surface area contributed by atoms with Crippen LogP contribution in [0.2, 0.25) is 0 Å². The van der Waals surface area contributed by atoms with Crippen LogP contribution >= 0.6 is 15.9 Å². The number of ether oxygens (including phenoxy) is 3. The van der Waals surface area contributed by atoms with Crippen molar-refractivity contribution in [3.05, 3.63) is 62.1 Å². The first-order chi connectivity index (χ1) is 15.3. The standard InChI is InChI=1S/C21H18BrN3O7/c1-3-31-20(26)12-32-19-10-17(22)13(8-18(19)30-2)7-14(11-23)21(27)24-15-5-4-6-16(9-15)25(28)29/h4-10H,3,12H2,1-2H3,(H,24,27)/b14-7+. The molecule has 0 aliphatic rings. The summed E-state index contributed by atoms with van der Waals surface area (Å²) in [6, 6.07) is 10.2. The Balaban J connectivity index is 2.26. The molecule has 10 nitrogen and oxygen atoms in total. The number of anilines is 1. The molecule has 0 fully saturated rings. The molecule has 2 aromatic rings. The number of esters is 1. The maximum Gasteiger partial charge on any atom is 0.344 e. The largest absolute Gasteiger partial charge is 0.493 e. The summed E-state index contributed by atoms with van der Waals surface area (Å²) in [5.74, 6) is -0.773. The van der Waals surface area contributed by atoms with Gasteiger partial charge in [0.15, 0.2) is 18.1 Å². The number of carbonyl (C=O) groups excluding carboxylic acids is 2. The Bertz CT molecular complexity index is 1110. The molecule has 2 aromatic carbocycles. The zero-order valence-corrected chi connectivity index (χ0v) is 18.7. The van der Waals surface area contributed by atoms with E-state index in [-0.39, 0.29) is 41.7 Å². The number of halogens is 1. The van der Waals surface area contributed by atoms with E-state index in [0.717, 1.165) is 0 Å². The van der Waals surface area contributed by atoms with Crippen molar-refractivity contribution in [3.8, 4) is 17.6 Å². The van der Waals surface area contributed by atoms with Crippen molar-refractivity contribution in [1.82, 2.24) is 0 Å². The maximum absolute atomic E-state index is 12.5. The molecule has 0 spiro atoms. The number of methoxy groups -OCH3 is 1. The number of rotatable bonds is 9. The normalized spacial score (nSPS) is 10.6. The molecule has 0 heterocycles. The number of hydrogen-bond acceptors (Lipinski definition) is 8. The molecule has 0 atom stereocenters. The van der Waals surface area contributed by atoms with Gasteiger partial charge in [0.2, 0.25) is 0 Å². The average molecular weight is 504 g/mol. The first-order valence-corrected chi connectivity index (χ1v) is 9.91. The van der Waals surface area contributed by atoms with Crippen LogP contribution in [0.3, 0.4) is 0 Å². The smallest absolute Gasteiger partial charge is 0.344 e. The van der Waals surface area contributed by atoms with Crippen LogP contribution in [0.1, 0.15) is 12.5 Å². The zero-order valence-electron chi connectivity index (χ0n) is 17.1. The second-order valence-corrected chi connectivity index (χ2v) is 6.90. The minimum Gasteiger partial charge on any atom is -0.493 e. The number of nitro groups is 1. The first-order valence-electron chi connectivity index (χ1n) is 9.12. The van der Waals surface area contributed by atoms with Crippen LogP contribution < -0.4 is 14.8 Å². The summed E-state index contributed by atoms with van der Waals surface area (Å²) in [4.78, 5) is 34.3. The van der Waals surface area contributed by atoms with E-state index in [0.29, 0.717) is 10.0 Å². The van der Waals surface area contributed by atoms with E-state index in [1.54, 1.807) is 13.0 Å². The van der Waals surface area contributed by atoms with Crippen molar-refractivity contribution in [3.63, 3.8) is 0 Å². The van der Waals surface area contributed by atoms with E-state index >= 15 is 0 Å². The molecule has 0 aromatic heterocycles. The number of non-ortho nitro benzene ring substituents is 1. The lowest BCUT2D eigenvalue weighted by Crippen LogP contribution is -2.15. The van der Waals surface area contributed by atoms with Crippen molar-refractivity contribution in [1.29, 1.82) is 5.26 Å². The van der Waals surface area contributed by atoms with Gasteiger partial charge in [0.1, 0.15) is 11.6 Å². The van der Waals surface area contributed by atoms with Crippen molar-refractivity contribution >= 4 is 45.3 Å². The van der Waals surface area contributed by atoms with Crippen LogP contribution in [0.25, 0.3) is 6.08 Å². The van der Waals surface area contributed by atoms with Crippen LogP contribution in [-0.4, -0.2) is 37.1 Å².